The van der Waals surface area contributed by atoms with Crippen LogP contribution in [0.2, 0.25) is 0 Å². The number of hydrogen-bond acceptors (Lipinski definition) is 5. The van der Waals surface area contributed by atoms with Gasteiger partial charge in [-0.3, -0.25) is 14.4 Å². The summed E-state index contributed by atoms with van der Waals surface area (Å²) in [6.07, 6.45) is 6.02. The van der Waals surface area contributed by atoms with Crippen molar-refractivity contribution in [3.05, 3.63) is 54.1 Å². The minimum Gasteiger partial charge on any atom is -0.497 e. The summed E-state index contributed by atoms with van der Waals surface area (Å²) in [7, 11) is 3.16. The topological polar surface area (TPSA) is 97.0 Å². The van der Waals surface area contributed by atoms with Crippen LogP contribution in [0.15, 0.2) is 48.5 Å². The van der Waals surface area contributed by atoms with Gasteiger partial charge in [-0.1, -0.05) is 37.5 Å². The molecule has 8 heteroatoms. The molecule has 1 saturated heterocycles. The second-order valence-electron chi connectivity index (χ2n) is 9.41. The molecule has 0 radical (unpaired) electrons. The van der Waals surface area contributed by atoms with Crippen molar-refractivity contribution in [3.8, 4) is 11.5 Å². The molecular formula is C28H35N3O5. The van der Waals surface area contributed by atoms with Crippen LogP contribution in [0.3, 0.4) is 0 Å². The molecule has 2 aliphatic rings. The first-order valence-corrected chi connectivity index (χ1v) is 12.7. The molecule has 2 unspecified atom stereocenters. The summed E-state index contributed by atoms with van der Waals surface area (Å²) in [5, 5.41) is 5.88. The Labute approximate surface area is 212 Å². The highest BCUT2D eigenvalue weighted by Crippen LogP contribution is 2.43. The molecule has 1 aliphatic heterocycles. The predicted octanol–water partition coefficient (Wildman–Crippen LogP) is 3.75. The molecule has 36 heavy (non-hydrogen) atoms. The van der Waals surface area contributed by atoms with Crippen molar-refractivity contribution in [1.82, 2.24) is 10.6 Å². The van der Waals surface area contributed by atoms with Gasteiger partial charge < -0.3 is 25.0 Å². The zero-order chi connectivity index (χ0) is 25.5. The number of anilines is 1. The molecule has 0 spiro atoms. The molecule has 192 valence electrons. The van der Waals surface area contributed by atoms with E-state index in [1.807, 2.05) is 36.4 Å². The number of rotatable bonds is 8. The molecule has 2 fully saturated rings. The summed E-state index contributed by atoms with van der Waals surface area (Å²) < 4.78 is 10.9. The number of amides is 3. The van der Waals surface area contributed by atoms with Gasteiger partial charge in [-0.15, -0.1) is 0 Å². The van der Waals surface area contributed by atoms with Crippen molar-refractivity contribution in [2.45, 2.75) is 57.0 Å². The molecule has 1 saturated carbocycles. The van der Waals surface area contributed by atoms with Crippen molar-refractivity contribution in [3.63, 3.8) is 0 Å². The van der Waals surface area contributed by atoms with Gasteiger partial charge in [0.25, 0.3) is 0 Å². The maximum absolute atomic E-state index is 13.5. The predicted molar refractivity (Wildman–Crippen MR) is 137 cm³/mol. The summed E-state index contributed by atoms with van der Waals surface area (Å²) in [5.74, 6) is 0.219. The van der Waals surface area contributed by atoms with E-state index in [4.69, 9.17) is 9.47 Å². The fraction of sp³-hybridized carbons (Fsp3) is 0.464. The third-order valence-electron chi connectivity index (χ3n) is 7.14. The number of hydrogen-bond donors (Lipinski definition) is 2. The molecule has 2 aromatic carbocycles. The maximum atomic E-state index is 13.5. The third-order valence-corrected chi connectivity index (χ3v) is 7.14. The summed E-state index contributed by atoms with van der Waals surface area (Å²) >= 11 is 0. The average molecular weight is 494 g/mol. The van der Waals surface area contributed by atoms with Crippen molar-refractivity contribution in [1.29, 1.82) is 0 Å². The normalized spacial score (nSPS) is 20.5. The Kier molecular flexibility index (Phi) is 8.46. The Bertz CT molecular complexity index is 1070. The van der Waals surface area contributed by atoms with E-state index in [-0.39, 0.29) is 36.7 Å². The smallest absolute Gasteiger partial charge is 0.239 e. The molecule has 0 aromatic heterocycles. The highest BCUT2D eigenvalue weighted by molar-refractivity contribution is 5.98. The number of carbonyl (C=O) groups excluding carboxylic acids is 3. The number of methoxy groups -OCH3 is 2. The number of ether oxygens (including phenoxy) is 2. The molecule has 8 nitrogen and oxygen atoms in total. The highest BCUT2D eigenvalue weighted by Gasteiger charge is 2.42. The van der Waals surface area contributed by atoms with Crippen molar-refractivity contribution in [2.75, 3.05) is 25.7 Å². The molecule has 2 aromatic rings. The lowest BCUT2D eigenvalue weighted by atomic mass is 9.82. The van der Waals surface area contributed by atoms with Crippen LogP contribution in [0.5, 0.6) is 11.5 Å². The van der Waals surface area contributed by atoms with E-state index in [1.54, 1.807) is 31.3 Å². The minimum atomic E-state index is -0.586. The van der Waals surface area contributed by atoms with E-state index in [0.29, 0.717) is 23.6 Å². The van der Waals surface area contributed by atoms with Crippen molar-refractivity contribution < 1.29 is 23.9 Å². The van der Waals surface area contributed by atoms with Gasteiger partial charge in [-0.05, 0) is 49.6 Å². The second-order valence-corrected chi connectivity index (χ2v) is 9.41. The van der Waals surface area contributed by atoms with Crippen LogP contribution >= 0.6 is 0 Å². The minimum absolute atomic E-state index is 0.0739. The highest BCUT2D eigenvalue weighted by atomic mass is 16.5. The number of carbonyl (C=O) groups is 3. The van der Waals surface area contributed by atoms with Crippen molar-refractivity contribution >= 4 is 23.4 Å². The van der Waals surface area contributed by atoms with Crippen LogP contribution in [0.25, 0.3) is 0 Å². The lowest BCUT2D eigenvalue weighted by Gasteiger charge is -2.41. The maximum Gasteiger partial charge on any atom is 0.239 e. The van der Waals surface area contributed by atoms with Crippen LogP contribution in [0.4, 0.5) is 5.69 Å². The Balaban J connectivity index is 1.58. The zero-order valence-electron chi connectivity index (χ0n) is 21.0. The lowest BCUT2D eigenvalue weighted by molar-refractivity contribution is -0.131. The van der Waals surface area contributed by atoms with Crippen LogP contribution in [0, 0.1) is 5.92 Å². The van der Waals surface area contributed by atoms with Gasteiger partial charge in [-0.25, -0.2) is 0 Å². The van der Waals surface area contributed by atoms with Gasteiger partial charge in [-0.2, -0.15) is 0 Å². The summed E-state index contributed by atoms with van der Waals surface area (Å²) in [6.45, 7) is -0.0824. The van der Waals surface area contributed by atoms with Gasteiger partial charge >= 0.3 is 0 Å². The van der Waals surface area contributed by atoms with E-state index >= 15 is 0 Å². The quantitative estimate of drug-likeness (QED) is 0.584. The molecule has 1 aliphatic carbocycles. The van der Waals surface area contributed by atoms with E-state index in [9.17, 15) is 14.4 Å². The molecule has 3 amide bonds. The van der Waals surface area contributed by atoms with Gasteiger partial charge in [0.1, 0.15) is 11.5 Å². The monoisotopic (exact) mass is 493 g/mol. The molecule has 0 bridgehead atoms. The van der Waals surface area contributed by atoms with E-state index in [2.05, 4.69) is 10.6 Å². The number of nitrogens with one attached hydrogen (secondary N) is 2. The largest absolute Gasteiger partial charge is 0.497 e. The number of piperidine rings is 1. The average Bonchev–Trinajstić information content (AvgIpc) is 2.92. The van der Waals surface area contributed by atoms with Crippen LogP contribution < -0.4 is 25.0 Å². The van der Waals surface area contributed by atoms with Gasteiger partial charge in [0.05, 0.1) is 32.7 Å². The van der Waals surface area contributed by atoms with E-state index in [1.165, 1.54) is 6.42 Å². The Morgan fingerprint density at radius 2 is 1.67 bits per heavy atom. The fourth-order valence-electron chi connectivity index (χ4n) is 5.30. The fourth-order valence-corrected chi connectivity index (χ4v) is 5.30. The summed E-state index contributed by atoms with van der Waals surface area (Å²) in [6, 6.07) is 14.3. The van der Waals surface area contributed by atoms with Crippen LogP contribution in [-0.2, 0) is 14.4 Å². The molecule has 4 rings (SSSR count). The second kappa shape index (κ2) is 11.9. The number of nitrogens with zero attached hydrogens (tertiary/aromatic N) is 1. The number of para-hydroxylation sites is 1. The molecule has 2 atom stereocenters. The third kappa shape index (κ3) is 5.80. The number of benzene rings is 2. The Hall–Kier alpha value is -3.55. The molecule has 2 N–H and O–H groups in total. The standard InChI is InChI=1S/C28H35N3O5/c1-35-21-14-12-20(13-15-21)31-26(33)17-16-23(27(31)22-10-6-7-11-24(22)36-2)28(34)29-18-25(32)30-19-8-4-3-5-9-19/h6-7,10-15,19,23,27H,3-5,8-9,16-18H2,1-2H3,(H,29,34)(H,30,32). The van der Waals surface area contributed by atoms with Crippen LogP contribution in [0.1, 0.15) is 56.6 Å². The van der Waals surface area contributed by atoms with Crippen LogP contribution in [-0.4, -0.2) is 44.5 Å². The van der Waals surface area contributed by atoms with E-state index in [0.717, 1.165) is 31.2 Å². The van der Waals surface area contributed by atoms with Gasteiger partial charge in [0, 0.05) is 23.7 Å². The first-order chi connectivity index (χ1) is 17.5. The lowest BCUT2D eigenvalue weighted by Crippen LogP contribution is -2.50. The van der Waals surface area contributed by atoms with E-state index < -0.39 is 12.0 Å². The first-order valence-electron chi connectivity index (χ1n) is 12.7. The SMILES string of the molecule is COc1ccc(N2C(=O)CCC(C(=O)NCC(=O)NC3CCCCC3)C2c2ccccc2OC)cc1. The molecule has 1 heterocycles. The summed E-state index contributed by atoms with van der Waals surface area (Å²) in [5.41, 5.74) is 1.42. The first kappa shape index (κ1) is 25.5. The Morgan fingerprint density at radius 3 is 2.36 bits per heavy atom. The zero-order valence-corrected chi connectivity index (χ0v) is 21.0. The Morgan fingerprint density at radius 1 is 0.944 bits per heavy atom. The van der Waals surface area contributed by atoms with Crippen molar-refractivity contribution in [2.24, 2.45) is 5.92 Å². The molecular weight excluding hydrogens is 458 g/mol. The van der Waals surface area contributed by atoms with Gasteiger partial charge in [0.15, 0.2) is 0 Å². The summed E-state index contributed by atoms with van der Waals surface area (Å²) in [4.78, 5) is 40.9. The van der Waals surface area contributed by atoms with Gasteiger partial charge in [0.2, 0.25) is 17.7 Å².